The Hall–Kier alpha value is -2.31. The van der Waals surface area contributed by atoms with Crippen molar-refractivity contribution in [3.05, 3.63) is 34.2 Å². The zero-order valence-electron chi connectivity index (χ0n) is 16.8. The number of pyridine rings is 1. The third-order valence-corrected chi connectivity index (χ3v) is 5.30. The van der Waals surface area contributed by atoms with Crippen molar-refractivity contribution in [3.8, 4) is 0 Å². The topological polar surface area (TPSA) is 88.8 Å². The van der Waals surface area contributed by atoms with Crippen LogP contribution in [0.1, 0.15) is 58.9 Å². The smallest absolute Gasteiger partial charge is 0.407 e. The van der Waals surface area contributed by atoms with Crippen LogP contribution < -0.4 is 5.56 Å². The summed E-state index contributed by atoms with van der Waals surface area (Å²) in [5.41, 5.74) is -1.05. The highest BCUT2D eigenvalue weighted by Gasteiger charge is 2.51. The Morgan fingerprint density at radius 3 is 2.48 bits per heavy atom. The number of aryl methyl sites for hydroxylation is 1. The minimum Gasteiger partial charge on any atom is -0.465 e. The van der Waals surface area contributed by atoms with Gasteiger partial charge in [-0.15, -0.1) is 0 Å². The molecule has 0 saturated carbocycles. The van der Waals surface area contributed by atoms with Crippen LogP contribution in [-0.4, -0.2) is 45.3 Å². The van der Waals surface area contributed by atoms with Crippen molar-refractivity contribution in [3.63, 3.8) is 0 Å². The van der Waals surface area contributed by atoms with Crippen LogP contribution in [0.5, 0.6) is 0 Å². The highest BCUT2D eigenvalue weighted by molar-refractivity contribution is 5.80. The summed E-state index contributed by atoms with van der Waals surface area (Å²) in [7, 11) is 0. The molecule has 7 nitrogen and oxygen atoms in total. The fourth-order valence-electron chi connectivity index (χ4n) is 3.83. The summed E-state index contributed by atoms with van der Waals surface area (Å²) in [6, 6.07) is 3.43. The molecule has 2 heterocycles. The number of likely N-dealkylation sites (tertiary alicyclic amines) is 1. The van der Waals surface area contributed by atoms with E-state index >= 15 is 0 Å². The van der Waals surface area contributed by atoms with Crippen molar-refractivity contribution in [1.29, 1.82) is 0 Å². The summed E-state index contributed by atoms with van der Waals surface area (Å²) < 4.78 is 7.28. The zero-order valence-corrected chi connectivity index (χ0v) is 16.8. The number of hydrogen-bond donors (Lipinski definition) is 1. The fourth-order valence-corrected chi connectivity index (χ4v) is 3.83. The lowest BCUT2D eigenvalue weighted by Gasteiger charge is -2.46. The second-order valence-corrected chi connectivity index (χ2v) is 8.14. The van der Waals surface area contributed by atoms with Gasteiger partial charge in [-0.3, -0.25) is 9.59 Å². The maximum Gasteiger partial charge on any atom is 0.407 e. The van der Waals surface area contributed by atoms with Gasteiger partial charge < -0.3 is 19.3 Å². The maximum absolute atomic E-state index is 13.2. The lowest BCUT2D eigenvalue weighted by atomic mass is 9.66. The Labute approximate surface area is 159 Å². The van der Waals surface area contributed by atoms with Gasteiger partial charge in [0, 0.05) is 37.8 Å². The maximum atomic E-state index is 13.2. The second-order valence-electron chi connectivity index (χ2n) is 8.14. The van der Waals surface area contributed by atoms with Gasteiger partial charge in [0.25, 0.3) is 5.56 Å². The van der Waals surface area contributed by atoms with Gasteiger partial charge in [-0.1, -0.05) is 6.92 Å². The average molecular weight is 378 g/mol. The summed E-state index contributed by atoms with van der Waals surface area (Å²) in [4.78, 5) is 38.4. The number of carbonyl (C=O) groups is 2. The van der Waals surface area contributed by atoms with Gasteiger partial charge in [0.05, 0.1) is 5.41 Å². The van der Waals surface area contributed by atoms with E-state index in [1.54, 1.807) is 37.6 Å². The predicted octanol–water partition coefficient (Wildman–Crippen LogP) is 3.07. The Bertz CT molecular complexity index is 764. The molecule has 150 valence electrons. The Morgan fingerprint density at radius 2 is 2.00 bits per heavy atom. The number of piperidine rings is 1. The van der Waals surface area contributed by atoms with E-state index in [0.717, 1.165) is 5.56 Å². The molecule has 1 aliphatic rings. The van der Waals surface area contributed by atoms with Crippen LogP contribution in [0.4, 0.5) is 4.79 Å². The van der Waals surface area contributed by atoms with Crippen LogP contribution in [0.25, 0.3) is 0 Å². The van der Waals surface area contributed by atoms with Crippen LogP contribution in [0.2, 0.25) is 0 Å². The Balaban J connectivity index is 2.52. The number of esters is 1. The molecular weight excluding hydrogens is 348 g/mol. The summed E-state index contributed by atoms with van der Waals surface area (Å²) >= 11 is 0. The van der Waals surface area contributed by atoms with Gasteiger partial charge in [0.1, 0.15) is 5.60 Å². The van der Waals surface area contributed by atoms with E-state index in [0.29, 0.717) is 25.9 Å². The van der Waals surface area contributed by atoms with Gasteiger partial charge in [-0.05, 0) is 52.2 Å². The first-order chi connectivity index (χ1) is 12.5. The Morgan fingerprint density at radius 1 is 1.33 bits per heavy atom. The number of amides is 1. The first kappa shape index (κ1) is 21.0. The number of carbonyl (C=O) groups excluding carboxylic acids is 1. The predicted molar refractivity (Wildman–Crippen MR) is 102 cm³/mol. The van der Waals surface area contributed by atoms with Crippen molar-refractivity contribution < 1.29 is 19.4 Å². The number of hydrogen-bond acceptors (Lipinski definition) is 4. The largest absolute Gasteiger partial charge is 0.465 e. The molecule has 27 heavy (non-hydrogen) atoms. The fraction of sp³-hybridized carbons (Fsp3) is 0.650. The van der Waals surface area contributed by atoms with Crippen LogP contribution >= 0.6 is 0 Å². The van der Waals surface area contributed by atoms with Gasteiger partial charge in [-0.2, -0.15) is 0 Å². The first-order valence-electron chi connectivity index (χ1n) is 9.45. The van der Waals surface area contributed by atoms with Gasteiger partial charge >= 0.3 is 12.1 Å². The molecule has 0 aliphatic carbocycles. The molecule has 1 saturated heterocycles. The van der Waals surface area contributed by atoms with Gasteiger partial charge in [0.15, 0.2) is 0 Å². The van der Waals surface area contributed by atoms with Crippen molar-refractivity contribution >= 4 is 12.1 Å². The van der Waals surface area contributed by atoms with E-state index in [2.05, 4.69) is 0 Å². The van der Waals surface area contributed by atoms with E-state index in [1.165, 1.54) is 4.90 Å². The molecule has 7 heteroatoms. The van der Waals surface area contributed by atoms with Crippen LogP contribution in [0, 0.1) is 5.41 Å². The van der Waals surface area contributed by atoms with E-state index in [1.807, 2.05) is 19.9 Å². The molecule has 2 atom stereocenters. The summed E-state index contributed by atoms with van der Waals surface area (Å²) in [6.45, 7) is 10.1. The van der Waals surface area contributed by atoms with E-state index in [9.17, 15) is 19.5 Å². The molecule has 1 aromatic rings. The number of carboxylic acid groups (broad SMARTS) is 1. The quantitative estimate of drug-likeness (QED) is 0.814. The Kier molecular flexibility index (Phi) is 6.02. The third kappa shape index (κ3) is 4.34. The summed E-state index contributed by atoms with van der Waals surface area (Å²) in [5, 5.41) is 9.47. The molecule has 1 aromatic heterocycles. The second kappa shape index (κ2) is 7.74. The van der Waals surface area contributed by atoms with Crippen molar-refractivity contribution in [2.24, 2.45) is 5.41 Å². The lowest BCUT2D eigenvalue weighted by Crippen LogP contribution is -2.54. The van der Waals surface area contributed by atoms with E-state index in [4.69, 9.17) is 4.74 Å². The lowest BCUT2D eigenvalue weighted by molar-refractivity contribution is -0.172. The highest BCUT2D eigenvalue weighted by atomic mass is 16.6. The number of nitrogens with zero attached hydrogens (tertiary/aromatic N) is 2. The minimum absolute atomic E-state index is 0.0648. The third-order valence-electron chi connectivity index (χ3n) is 5.30. The number of aromatic nitrogens is 1. The van der Waals surface area contributed by atoms with Crippen molar-refractivity contribution in [2.75, 3.05) is 13.1 Å². The van der Waals surface area contributed by atoms with E-state index in [-0.39, 0.29) is 18.0 Å². The number of rotatable bonds is 4. The molecule has 1 N–H and O–H groups in total. The zero-order chi connectivity index (χ0) is 20.4. The molecule has 2 unspecified atom stereocenters. The molecule has 1 fully saturated rings. The molecule has 0 spiro atoms. The standard InChI is InChI=1S/C20H30N2O5/c1-6-20(17(24)27-19(3,4)5)13-22(18(25)26)11-9-15(20)14-8-10-21(7-2)16(23)12-14/h8,10,12,15H,6-7,9,11,13H2,1-5H3,(H,25,26). The number of ether oxygens (including phenoxy) is 1. The monoisotopic (exact) mass is 378 g/mol. The molecule has 1 aliphatic heterocycles. The molecular formula is C20H30N2O5. The summed E-state index contributed by atoms with van der Waals surface area (Å²) in [6.07, 6.45) is 1.58. The SMILES string of the molecule is CCn1ccc(C2CCN(C(=O)O)CC2(CC)C(=O)OC(C)(C)C)cc1=O. The van der Waals surface area contributed by atoms with E-state index < -0.39 is 23.1 Å². The van der Waals surface area contributed by atoms with Crippen molar-refractivity contribution in [1.82, 2.24) is 9.47 Å². The molecule has 0 aromatic carbocycles. The van der Waals surface area contributed by atoms with Crippen LogP contribution in [0.3, 0.4) is 0 Å². The minimum atomic E-state index is -1.05. The molecule has 0 bridgehead atoms. The van der Waals surface area contributed by atoms with Gasteiger partial charge in [0.2, 0.25) is 0 Å². The van der Waals surface area contributed by atoms with Crippen LogP contribution in [0.15, 0.2) is 23.1 Å². The highest BCUT2D eigenvalue weighted by Crippen LogP contribution is 2.46. The van der Waals surface area contributed by atoms with Gasteiger partial charge in [-0.25, -0.2) is 4.79 Å². The molecule has 2 rings (SSSR count). The van der Waals surface area contributed by atoms with Crippen LogP contribution in [-0.2, 0) is 16.1 Å². The first-order valence-corrected chi connectivity index (χ1v) is 9.45. The van der Waals surface area contributed by atoms with Crippen molar-refractivity contribution in [2.45, 2.75) is 65.5 Å². The molecule has 1 amide bonds. The average Bonchev–Trinajstić information content (AvgIpc) is 2.59. The normalized spacial score (nSPS) is 23.1. The molecule has 0 radical (unpaired) electrons. The summed E-state index contributed by atoms with van der Waals surface area (Å²) in [5.74, 6) is -0.680.